The molecule has 3 aromatic rings. The minimum absolute atomic E-state index is 0.244. The summed E-state index contributed by atoms with van der Waals surface area (Å²) in [5.41, 5.74) is -0.170. The van der Waals surface area contributed by atoms with Gasteiger partial charge in [0.15, 0.2) is 10.8 Å². The van der Waals surface area contributed by atoms with Crippen LogP contribution >= 0.6 is 11.3 Å². The van der Waals surface area contributed by atoms with Crippen LogP contribution in [0.15, 0.2) is 39.6 Å². The standard InChI is InChI=1S/C19H24N6O3S2/c1-12-9-24(10-13(2)21-12)16-6-5-14-17(26)15(30(27,28)23(3)4)11-25(18(14)22-16)19-20-7-8-29-19/h5-8,11-13,21H,9-10H2,1-4H3/t12-,13+. The molecule has 11 heteroatoms. The van der Waals surface area contributed by atoms with Crippen LogP contribution in [0.5, 0.6) is 0 Å². The molecule has 1 aliphatic rings. The number of aromatic nitrogens is 3. The number of hydrogen-bond acceptors (Lipinski definition) is 8. The molecule has 0 bridgehead atoms. The van der Waals surface area contributed by atoms with Crippen molar-refractivity contribution in [1.82, 2.24) is 24.2 Å². The molecule has 0 radical (unpaired) electrons. The zero-order valence-corrected chi connectivity index (χ0v) is 18.9. The Kier molecular flexibility index (Phi) is 5.39. The normalized spacial score (nSPS) is 20.2. The van der Waals surface area contributed by atoms with Gasteiger partial charge in [0.25, 0.3) is 0 Å². The average molecular weight is 449 g/mol. The van der Waals surface area contributed by atoms with Crippen LogP contribution < -0.4 is 15.6 Å². The molecule has 1 aliphatic heterocycles. The first-order chi connectivity index (χ1) is 14.2. The number of sulfonamides is 1. The first kappa shape index (κ1) is 20.9. The lowest BCUT2D eigenvalue weighted by atomic mass is 10.1. The Bertz CT molecular complexity index is 1230. The van der Waals surface area contributed by atoms with Gasteiger partial charge in [0.05, 0.1) is 5.39 Å². The first-order valence-corrected chi connectivity index (χ1v) is 11.9. The van der Waals surface area contributed by atoms with E-state index in [1.54, 1.807) is 28.3 Å². The van der Waals surface area contributed by atoms with Crippen molar-refractivity contribution >= 4 is 38.2 Å². The van der Waals surface area contributed by atoms with Crippen LogP contribution in [-0.4, -0.2) is 66.5 Å². The summed E-state index contributed by atoms with van der Waals surface area (Å²) in [6, 6.07) is 4.06. The van der Waals surface area contributed by atoms with Crippen LogP contribution in [0.25, 0.3) is 16.2 Å². The Labute approximate surface area is 179 Å². The highest BCUT2D eigenvalue weighted by atomic mass is 32.2. The fourth-order valence-corrected chi connectivity index (χ4v) is 5.31. The Morgan fingerprint density at radius 1 is 1.20 bits per heavy atom. The average Bonchev–Trinajstić information content (AvgIpc) is 3.21. The quantitative estimate of drug-likeness (QED) is 0.642. The second kappa shape index (κ2) is 7.73. The Morgan fingerprint density at radius 3 is 2.50 bits per heavy atom. The van der Waals surface area contributed by atoms with Gasteiger partial charge in [-0.1, -0.05) is 0 Å². The number of hydrogen-bond donors (Lipinski definition) is 1. The topological polar surface area (TPSA) is 100 Å². The van der Waals surface area contributed by atoms with Gasteiger partial charge in [-0.05, 0) is 26.0 Å². The number of nitrogens with one attached hydrogen (secondary N) is 1. The lowest BCUT2D eigenvalue weighted by molar-refractivity contribution is 0.405. The molecule has 9 nitrogen and oxygen atoms in total. The number of nitrogens with zero attached hydrogens (tertiary/aromatic N) is 5. The molecule has 2 atom stereocenters. The molecular weight excluding hydrogens is 424 g/mol. The molecule has 160 valence electrons. The van der Waals surface area contributed by atoms with E-state index in [-0.39, 0.29) is 10.3 Å². The van der Waals surface area contributed by atoms with Crippen LogP contribution in [-0.2, 0) is 10.0 Å². The molecule has 30 heavy (non-hydrogen) atoms. The van der Waals surface area contributed by atoms with E-state index in [4.69, 9.17) is 4.98 Å². The van der Waals surface area contributed by atoms with Crippen LogP contribution in [0.1, 0.15) is 13.8 Å². The maximum Gasteiger partial charge on any atom is 0.247 e. The molecule has 3 aromatic heterocycles. The number of rotatable bonds is 4. The van der Waals surface area contributed by atoms with Crippen LogP contribution in [0.3, 0.4) is 0 Å². The predicted octanol–water partition coefficient (Wildman–Crippen LogP) is 1.28. The third kappa shape index (κ3) is 3.62. The Balaban J connectivity index is 1.96. The maximum absolute atomic E-state index is 13.1. The van der Waals surface area contributed by atoms with Gasteiger partial charge in [-0.3, -0.25) is 9.36 Å². The van der Waals surface area contributed by atoms with Crippen molar-refractivity contribution in [2.24, 2.45) is 0 Å². The molecule has 4 heterocycles. The molecular formula is C19H24N6O3S2. The second-order valence-electron chi connectivity index (χ2n) is 7.71. The van der Waals surface area contributed by atoms with E-state index in [9.17, 15) is 13.2 Å². The molecule has 0 aliphatic carbocycles. The largest absolute Gasteiger partial charge is 0.353 e. The lowest BCUT2D eigenvalue weighted by Crippen LogP contribution is -2.54. The van der Waals surface area contributed by atoms with E-state index in [2.05, 4.69) is 29.0 Å². The summed E-state index contributed by atoms with van der Waals surface area (Å²) in [5.74, 6) is 0.746. The van der Waals surface area contributed by atoms with Crippen molar-refractivity contribution in [3.05, 3.63) is 40.1 Å². The summed E-state index contributed by atoms with van der Waals surface area (Å²) in [4.78, 5) is 24.0. The van der Waals surface area contributed by atoms with Crippen molar-refractivity contribution in [3.63, 3.8) is 0 Å². The highest BCUT2D eigenvalue weighted by molar-refractivity contribution is 7.89. The highest BCUT2D eigenvalue weighted by Crippen LogP contribution is 2.24. The van der Waals surface area contributed by atoms with Crippen molar-refractivity contribution in [2.45, 2.75) is 30.8 Å². The zero-order chi connectivity index (χ0) is 21.6. The number of piperazine rings is 1. The third-order valence-electron chi connectivity index (χ3n) is 5.07. The molecule has 0 aromatic carbocycles. The van der Waals surface area contributed by atoms with Gasteiger partial charge in [0, 0.05) is 57.0 Å². The zero-order valence-electron chi connectivity index (χ0n) is 17.2. The lowest BCUT2D eigenvalue weighted by Gasteiger charge is -2.37. The summed E-state index contributed by atoms with van der Waals surface area (Å²) in [6.07, 6.45) is 2.96. The Hall–Kier alpha value is -2.34. The number of thiazole rings is 1. The van der Waals surface area contributed by atoms with Gasteiger partial charge in [-0.15, -0.1) is 11.3 Å². The van der Waals surface area contributed by atoms with Crippen molar-refractivity contribution in [3.8, 4) is 5.13 Å². The van der Waals surface area contributed by atoms with E-state index in [0.717, 1.165) is 23.2 Å². The van der Waals surface area contributed by atoms with Crippen molar-refractivity contribution in [2.75, 3.05) is 32.1 Å². The number of fused-ring (bicyclic) bond motifs is 1. The summed E-state index contributed by atoms with van der Waals surface area (Å²) in [7, 11) is -1.12. The minimum atomic E-state index is -3.93. The molecule has 0 unspecified atom stereocenters. The molecule has 1 saturated heterocycles. The maximum atomic E-state index is 13.1. The van der Waals surface area contributed by atoms with E-state index in [1.807, 2.05) is 0 Å². The summed E-state index contributed by atoms with van der Waals surface area (Å²) < 4.78 is 28.2. The molecule has 1 N–H and O–H groups in total. The summed E-state index contributed by atoms with van der Waals surface area (Å²) in [5, 5.41) is 6.07. The van der Waals surface area contributed by atoms with E-state index >= 15 is 0 Å². The molecule has 1 fully saturated rings. The van der Waals surface area contributed by atoms with Gasteiger partial charge >= 0.3 is 0 Å². The van der Waals surface area contributed by atoms with Gasteiger partial charge in [-0.25, -0.2) is 22.7 Å². The SMILES string of the molecule is C[C@@H]1CN(c2ccc3c(=O)c(S(=O)(=O)N(C)C)cn(-c4nccs4)c3n2)C[C@H](C)N1. The van der Waals surface area contributed by atoms with E-state index in [0.29, 0.717) is 22.9 Å². The number of anilines is 1. The molecule has 0 spiro atoms. The van der Waals surface area contributed by atoms with E-state index < -0.39 is 15.5 Å². The molecule has 0 saturated carbocycles. The second-order valence-corrected chi connectivity index (χ2v) is 10.7. The van der Waals surface area contributed by atoms with Gasteiger partial charge in [0.1, 0.15) is 10.7 Å². The first-order valence-electron chi connectivity index (χ1n) is 9.58. The summed E-state index contributed by atoms with van der Waals surface area (Å²) in [6.45, 7) is 5.82. The van der Waals surface area contributed by atoms with Crippen LogP contribution in [0.2, 0.25) is 0 Å². The fourth-order valence-electron chi connectivity index (χ4n) is 3.72. The smallest absolute Gasteiger partial charge is 0.247 e. The summed E-state index contributed by atoms with van der Waals surface area (Å²) >= 11 is 1.34. The predicted molar refractivity (Wildman–Crippen MR) is 118 cm³/mol. The van der Waals surface area contributed by atoms with Crippen molar-refractivity contribution in [1.29, 1.82) is 0 Å². The Morgan fingerprint density at radius 2 is 1.90 bits per heavy atom. The van der Waals surface area contributed by atoms with Crippen LogP contribution in [0.4, 0.5) is 5.82 Å². The molecule has 4 rings (SSSR count). The monoisotopic (exact) mass is 448 g/mol. The molecule has 0 amide bonds. The third-order valence-corrected chi connectivity index (χ3v) is 7.65. The van der Waals surface area contributed by atoms with Gasteiger partial charge in [0.2, 0.25) is 15.5 Å². The van der Waals surface area contributed by atoms with Gasteiger partial charge < -0.3 is 10.2 Å². The fraction of sp³-hybridized carbons (Fsp3) is 0.421. The number of pyridine rings is 2. The van der Waals surface area contributed by atoms with E-state index in [1.165, 1.54) is 31.6 Å². The van der Waals surface area contributed by atoms with Crippen LogP contribution in [0, 0.1) is 0 Å². The van der Waals surface area contributed by atoms with Crippen molar-refractivity contribution < 1.29 is 8.42 Å². The highest BCUT2D eigenvalue weighted by Gasteiger charge is 2.27. The van der Waals surface area contributed by atoms with Gasteiger partial charge in [-0.2, -0.15) is 0 Å². The minimum Gasteiger partial charge on any atom is -0.353 e.